The predicted molar refractivity (Wildman–Crippen MR) is 94.3 cm³/mol. The second-order valence-electron chi connectivity index (χ2n) is 5.57. The van der Waals surface area contributed by atoms with Crippen molar-refractivity contribution in [2.75, 3.05) is 18.4 Å². The summed E-state index contributed by atoms with van der Waals surface area (Å²) in [5.41, 5.74) is 12.6. The van der Waals surface area contributed by atoms with Crippen LogP contribution in [-0.2, 0) is 9.59 Å². The van der Waals surface area contributed by atoms with Gasteiger partial charge in [0.1, 0.15) is 0 Å². The Balaban J connectivity index is 1.80. The van der Waals surface area contributed by atoms with Crippen LogP contribution in [0.1, 0.15) is 19.3 Å². The third kappa shape index (κ3) is 5.29. The number of pyridine rings is 1. The minimum atomic E-state index is -0.619. The molecule has 0 aliphatic rings. The van der Waals surface area contributed by atoms with Gasteiger partial charge in [0.05, 0.1) is 30.0 Å². The summed E-state index contributed by atoms with van der Waals surface area (Å²) in [5, 5.41) is 6.18. The largest absolute Gasteiger partial charge is 0.346 e. The summed E-state index contributed by atoms with van der Waals surface area (Å²) < 4.78 is 0. The minimum Gasteiger partial charge on any atom is -0.346 e. The molecule has 1 aromatic carbocycles. The molecule has 7 nitrogen and oxygen atoms in total. The molecule has 0 aliphatic heterocycles. The minimum absolute atomic E-state index is 0.129. The fourth-order valence-corrected chi connectivity index (χ4v) is 2.28. The number of hydrogen-bond donors (Lipinski definition) is 4. The molecule has 1 heterocycles. The van der Waals surface area contributed by atoms with E-state index >= 15 is 0 Å². The van der Waals surface area contributed by atoms with Crippen molar-refractivity contribution >= 4 is 28.4 Å². The standard InChI is InChI=1S/C17H23N5O2/c18-8-4-3-6-14(19)17(24)21-11-16(23)22-13-9-12-5-1-2-7-15(12)20-10-13/h1-2,5,7,9-10,14H,3-4,6,8,11,18-19H2,(H,21,24)(H,22,23)/t14-/m0/s1. The van der Waals surface area contributed by atoms with Gasteiger partial charge in [-0.1, -0.05) is 24.6 Å². The summed E-state index contributed by atoms with van der Waals surface area (Å²) in [6.45, 7) is 0.451. The molecular weight excluding hydrogens is 306 g/mol. The molecule has 2 aromatic rings. The lowest BCUT2D eigenvalue weighted by Crippen LogP contribution is -2.43. The van der Waals surface area contributed by atoms with Crippen LogP contribution in [0.3, 0.4) is 0 Å². The van der Waals surface area contributed by atoms with Crippen molar-refractivity contribution < 1.29 is 9.59 Å². The number of carbonyl (C=O) groups is 2. The van der Waals surface area contributed by atoms with Gasteiger partial charge >= 0.3 is 0 Å². The summed E-state index contributed by atoms with van der Waals surface area (Å²) in [4.78, 5) is 28.0. The van der Waals surface area contributed by atoms with Gasteiger partial charge in [-0.25, -0.2) is 0 Å². The maximum absolute atomic E-state index is 11.9. The number of fused-ring (bicyclic) bond motifs is 1. The highest BCUT2D eigenvalue weighted by Crippen LogP contribution is 2.15. The van der Waals surface area contributed by atoms with Crippen molar-refractivity contribution in [3.63, 3.8) is 0 Å². The van der Waals surface area contributed by atoms with Gasteiger partial charge in [0.2, 0.25) is 11.8 Å². The Morgan fingerprint density at radius 3 is 2.79 bits per heavy atom. The maximum Gasteiger partial charge on any atom is 0.243 e. The fraction of sp³-hybridized carbons (Fsp3) is 0.353. The number of rotatable bonds is 8. The summed E-state index contributed by atoms with van der Waals surface area (Å²) in [7, 11) is 0. The number of nitrogens with zero attached hydrogens (tertiary/aromatic N) is 1. The Bertz CT molecular complexity index is 704. The summed E-state index contributed by atoms with van der Waals surface area (Å²) in [6.07, 6.45) is 3.76. The average molecular weight is 329 g/mol. The van der Waals surface area contributed by atoms with Gasteiger partial charge < -0.3 is 22.1 Å². The first-order valence-electron chi connectivity index (χ1n) is 7.98. The van der Waals surface area contributed by atoms with Crippen molar-refractivity contribution in [3.05, 3.63) is 36.5 Å². The fourth-order valence-electron chi connectivity index (χ4n) is 2.28. The zero-order valence-corrected chi connectivity index (χ0v) is 13.5. The zero-order chi connectivity index (χ0) is 17.4. The molecule has 0 saturated heterocycles. The van der Waals surface area contributed by atoms with Crippen molar-refractivity contribution in [3.8, 4) is 0 Å². The maximum atomic E-state index is 11.9. The number of para-hydroxylation sites is 1. The Kier molecular flexibility index (Phi) is 6.65. The number of anilines is 1. The van der Waals surface area contributed by atoms with Gasteiger partial charge in [-0.05, 0) is 31.5 Å². The Hall–Kier alpha value is -2.51. The number of hydrogen-bond acceptors (Lipinski definition) is 5. The predicted octanol–water partition coefficient (Wildman–Crippen LogP) is 0.746. The Labute approximate surface area is 140 Å². The topological polar surface area (TPSA) is 123 Å². The van der Waals surface area contributed by atoms with Crippen molar-refractivity contribution in [1.82, 2.24) is 10.3 Å². The van der Waals surface area contributed by atoms with Crippen LogP contribution in [0.5, 0.6) is 0 Å². The van der Waals surface area contributed by atoms with Crippen molar-refractivity contribution in [2.45, 2.75) is 25.3 Å². The molecule has 0 saturated carbocycles. The van der Waals surface area contributed by atoms with E-state index in [1.807, 2.05) is 30.3 Å². The van der Waals surface area contributed by atoms with Crippen LogP contribution in [0.25, 0.3) is 10.9 Å². The number of aromatic nitrogens is 1. The number of nitrogens with one attached hydrogen (secondary N) is 2. The zero-order valence-electron chi connectivity index (χ0n) is 13.5. The van der Waals surface area contributed by atoms with Crippen LogP contribution in [0.15, 0.2) is 36.5 Å². The molecule has 128 valence electrons. The molecule has 1 atom stereocenters. The summed E-state index contributed by atoms with van der Waals surface area (Å²) in [5.74, 6) is -0.659. The highest BCUT2D eigenvalue weighted by molar-refractivity contribution is 5.96. The van der Waals surface area contributed by atoms with Gasteiger partial charge in [0.15, 0.2) is 0 Å². The van der Waals surface area contributed by atoms with E-state index in [1.54, 1.807) is 6.20 Å². The normalized spacial score (nSPS) is 11.9. The van der Waals surface area contributed by atoms with Crippen LogP contribution in [0.2, 0.25) is 0 Å². The van der Waals surface area contributed by atoms with Crippen LogP contribution >= 0.6 is 0 Å². The van der Waals surface area contributed by atoms with Gasteiger partial charge in [-0.3, -0.25) is 14.6 Å². The second kappa shape index (κ2) is 8.95. The van der Waals surface area contributed by atoms with Crippen LogP contribution < -0.4 is 22.1 Å². The van der Waals surface area contributed by atoms with E-state index < -0.39 is 6.04 Å². The molecule has 0 bridgehead atoms. The Morgan fingerprint density at radius 2 is 2.00 bits per heavy atom. The lowest BCUT2D eigenvalue weighted by Gasteiger charge is -2.12. The number of benzene rings is 1. The van der Waals surface area contributed by atoms with E-state index in [9.17, 15) is 9.59 Å². The average Bonchev–Trinajstić information content (AvgIpc) is 2.59. The van der Waals surface area contributed by atoms with E-state index in [2.05, 4.69) is 15.6 Å². The monoisotopic (exact) mass is 329 g/mol. The van der Waals surface area contributed by atoms with Crippen LogP contribution in [-0.4, -0.2) is 35.9 Å². The first kappa shape index (κ1) is 17.8. The highest BCUT2D eigenvalue weighted by Gasteiger charge is 2.14. The number of nitrogens with two attached hydrogens (primary N) is 2. The number of amides is 2. The van der Waals surface area contributed by atoms with Gasteiger partial charge in [-0.15, -0.1) is 0 Å². The summed E-state index contributed by atoms with van der Waals surface area (Å²) in [6, 6.07) is 8.84. The van der Waals surface area contributed by atoms with E-state index in [0.717, 1.165) is 23.7 Å². The third-order valence-electron chi connectivity index (χ3n) is 3.60. The SMILES string of the molecule is NCCCC[C@H](N)C(=O)NCC(=O)Nc1cnc2ccccc2c1. The first-order valence-corrected chi connectivity index (χ1v) is 7.98. The first-order chi connectivity index (χ1) is 11.6. The molecule has 6 N–H and O–H groups in total. The lowest BCUT2D eigenvalue weighted by molar-refractivity contribution is -0.125. The van der Waals surface area contributed by atoms with E-state index in [1.165, 1.54) is 0 Å². The van der Waals surface area contributed by atoms with Crippen molar-refractivity contribution in [2.24, 2.45) is 11.5 Å². The lowest BCUT2D eigenvalue weighted by atomic mass is 10.1. The molecule has 0 fully saturated rings. The van der Waals surface area contributed by atoms with Crippen molar-refractivity contribution in [1.29, 1.82) is 0 Å². The summed E-state index contributed by atoms with van der Waals surface area (Å²) >= 11 is 0. The van der Waals surface area contributed by atoms with Crippen LogP contribution in [0.4, 0.5) is 5.69 Å². The highest BCUT2D eigenvalue weighted by atomic mass is 16.2. The molecule has 0 unspecified atom stereocenters. The molecule has 0 spiro atoms. The molecular formula is C17H23N5O2. The molecule has 7 heteroatoms. The number of carbonyl (C=O) groups excluding carboxylic acids is 2. The number of unbranched alkanes of at least 4 members (excludes halogenated alkanes) is 1. The molecule has 2 rings (SSSR count). The molecule has 24 heavy (non-hydrogen) atoms. The van der Waals surface area contributed by atoms with Gasteiger partial charge in [0, 0.05) is 5.39 Å². The molecule has 1 aromatic heterocycles. The third-order valence-corrected chi connectivity index (χ3v) is 3.60. The van der Waals surface area contributed by atoms with Gasteiger partial charge in [0.25, 0.3) is 0 Å². The molecule has 0 radical (unpaired) electrons. The van der Waals surface area contributed by atoms with E-state index in [4.69, 9.17) is 11.5 Å². The Morgan fingerprint density at radius 1 is 1.21 bits per heavy atom. The van der Waals surface area contributed by atoms with Gasteiger partial charge in [-0.2, -0.15) is 0 Å². The quantitative estimate of drug-likeness (QED) is 0.532. The van der Waals surface area contributed by atoms with E-state index in [-0.39, 0.29) is 18.4 Å². The smallest absolute Gasteiger partial charge is 0.243 e. The van der Waals surface area contributed by atoms with E-state index in [0.29, 0.717) is 18.7 Å². The molecule has 0 aliphatic carbocycles. The second-order valence-corrected chi connectivity index (χ2v) is 5.57. The molecule has 2 amide bonds. The van der Waals surface area contributed by atoms with Crippen LogP contribution in [0, 0.1) is 0 Å².